The second-order valence-corrected chi connectivity index (χ2v) is 4.61. The molecule has 14 heavy (non-hydrogen) atoms. The number of rotatable bonds is 1. The van der Waals surface area contributed by atoms with Crippen molar-refractivity contribution < 1.29 is 0 Å². The minimum Gasteiger partial charge on any atom is -0.398 e. The average Bonchev–Trinajstić information content (AvgIpc) is 2.17. The lowest BCUT2D eigenvalue weighted by atomic mass is 9.87. The molecule has 76 valence electrons. The van der Waals surface area contributed by atoms with E-state index < -0.39 is 0 Å². The fourth-order valence-corrected chi connectivity index (χ4v) is 2.26. The summed E-state index contributed by atoms with van der Waals surface area (Å²) in [6.07, 6.45) is 5.03. The fourth-order valence-electron chi connectivity index (χ4n) is 2.26. The average molecular weight is 189 g/mol. The monoisotopic (exact) mass is 189 g/mol. The van der Waals surface area contributed by atoms with Gasteiger partial charge in [0, 0.05) is 5.69 Å². The Kier molecular flexibility index (Phi) is 2.49. The molecule has 0 amide bonds. The first-order chi connectivity index (χ1) is 6.68. The van der Waals surface area contributed by atoms with Gasteiger partial charge in [-0.1, -0.05) is 19.9 Å². The first kappa shape index (κ1) is 9.57. The largest absolute Gasteiger partial charge is 0.398 e. The Labute approximate surface area is 86.3 Å². The van der Waals surface area contributed by atoms with Crippen LogP contribution in [0.1, 0.15) is 49.3 Å². The quantitative estimate of drug-likeness (QED) is 0.674. The molecule has 0 saturated carbocycles. The van der Waals surface area contributed by atoms with Gasteiger partial charge in [-0.2, -0.15) is 0 Å². The Hall–Kier alpha value is -0.980. The van der Waals surface area contributed by atoms with Gasteiger partial charge in [-0.05, 0) is 54.4 Å². The molecule has 2 rings (SSSR count). The summed E-state index contributed by atoms with van der Waals surface area (Å²) in [5.41, 5.74) is 11.4. The smallest absolute Gasteiger partial charge is 0.0352 e. The van der Waals surface area contributed by atoms with Gasteiger partial charge in [-0.15, -0.1) is 0 Å². The molecule has 0 bridgehead atoms. The van der Waals surface area contributed by atoms with Crippen molar-refractivity contribution in [3.8, 4) is 0 Å². The van der Waals surface area contributed by atoms with Crippen LogP contribution in [-0.2, 0) is 12.8 Å². The second kappa shape index (κ2) is 3.64. The third-order valence-corrected chi connectivity index (χ3v) is 3.19. The van der Waals surface area contributed by atoms with Crippen LogP contribution in [0.3, 0.4) is 0 Å². The standard InChI is InChI=1S/C13H19N/c1-9(2)11-7-10-5-3-4-6-12(10)13(14)8-11/h7-9H,3-6,14H2,1-2H3. The molecule has 0 spiro atoms. The Balaban J connectivity index is 2.46. The third-order valence-electron chi connectivity index (χ3n) is 3.19. The van der Waals surface area contributed by atoms with E-state index in [0.717, 1.165) is 5.69 Å². The maximum absolute atomic E-state index is 6.08. The van der Waals surface area contributed by atoms with Crippen molar-refractivity contribution in [3.05, 3.63) is 28.8 Å². The molecule has 1 aliphatic rings. The van der Waals surface area contributed by atoms with Crippen molar-refractivity contribution in [1.82, 2.24) is 0 Å². The van der Waals surface area contributed by atoms with E-state index in [1.807, 2.05) is 0 Å². The van der Waals surface area contributed by atoms with Crippen LogP contribution < -0.4 is 5.73 Å². The summed E-state index contributed by atoms with van der Waals surface area (Å²) in [5.74, 6) is 0.588. The van der Waals surface area contributed by atoms with Gasteiger partial charge in [-0.3, -0.25) is 0 Å². The summed E-state index contributed by atoms with van der Waals surface area (Å²) in [4.78, 5) is 0. The van der Waals surface area contributed by atoms with Crippen LogP contribution in [0.4, 0.5) is 5.69 Å². The van der Waals surface area contributed by atoms with E-state index >= 15 is 0 Å². The first-order valence-electron chi connectivity index (χ1n) is 5.59. The minimum atomic E-state index is 0.588. The summed E-state index contributed by atoms with van der Waals surface area (Å²) < 4.78 is 0. The van der Waals surface area contributed by atoms with Gasteiger partial charge in [0.1, 0.15) is 0 Å². The number of aryl methyl sites for hydroxylation is 1. The van der Waals surface area contributed by atoms with Crippen LogP contribution in [0.25, 0.3) is 0 Å². The van der Waals surface area contributed by atoms with E-state index in [1.165, 1.54) is 42.4 Å². The number of benzene rings is 1. The molecule has 0 unspecified atom stereocenters. The van der Waals surface area contributed by atoms with Gasteiger partial charge in [0.2, 0.25) is 0 Å². The summed E-state index contributed by atoms with van der Waals surface area (Å²) in [6, 6.07) is 4.52. The molecule has 0 heterocycles. The van der Waals surface area contributed by atoms with E-state index in [0.29, 0.717) is 5.92 Å². The topological polar surface area (TPSA) is 26.0 Å². The zero-order chi connectivity index (χ0) is 10.1. The van der Waals surface area contributed by atoms with Gasteiger partial charge >= 0.3 is 0 Å². The summed E-state index contributed by atoms with van der Waals surface area (Å²) in [5, 5.41) is 0. The van der Waals surface area contributed by atoms with Gasteiger partial charge in [0.15, 0.2) is 0 Å². The Bertz CT molecular complexity index is 339. The van der Waals surface area contributed by atoms with Gasteiger partial charge in [0.05, 0.1) is 0 Å². The molecule has 2 N–H and O–H groups in total. The van der Waals surface area contributed by atoms with Crippen LogP contribution in [0.15, 0.2) is 12.1 Å². The number of hydrogen-bond donors (Lipinski definition) is 1. The number of fused-ring (bicyclic) bond motifs is 1. The van der Waals surface area contributed by atoms with E-state index in [2.05, 4.69) is 26.0 Å². The molecule has 1 heteroatoms. The molecule has 0 aliphatic heterocycles. The van der Waals surface area contributed by atoms with Gasteiger partial charge in [0.25, 0.3) is 0 Å². The number of nitrogens with two attached hydrogens (primary N) is 1. The number of hydrogen-bond acceptors (Lipinski definition) is 1. The van der Waals surface area contributed by atoms with E-state index in [-0.39, 0.29) is 0 Å². The van der Waals surface area contributed by atoms with E-state index in [1.54, 1.807) is 0 Å². The van der Waals surface area contributed by atoms with Crippen LogP contribution in [0, 0.1) is 0 Å². The van der Waals surface area contributed by atoms with Crippen molar-refractivity contribution >= 4 is 5.69 Å². The lowest BCUT2D eigenvalue weighted by Crippen LogP contribution is -2.07. The van der Waals surface area contributed by atoms with E-state index in [9.17, 15) is 0 Å². The molecule has 0 saturated heterocycles. The third kappa shape index (κ3) is 1.63. The highest BCUT2D eigenvalue weighted by atomic mass is 14.6. The van der Waals surface area contributed by atoms with Crippen molar-refractivity contribution in [2.24, 2.45) is 0 Å². The minimum absolute atomic E-state index is 0.588. The van der Waals surface area contributed by atoms with Crippen LogP contribution >= 0.6 is 0 Å². The SMILES string of the molecule is CC(C)c1cc(N)c2c(c1)CCCC2. The normalized spacial score (nSPS) is 15.6. The molecule has 1 nitrogen and oxygen atoms in total. The zero-order valence-corrected chi connectivity index (χ0v) is 9.14. The molecule has 0 fully saturated rings. The van der Waals surface area contributed by atoms with Crippen LogP contribution in [0.5, 0.6) is 0 Å². The number of anilines is 1. The Morgan fingerprint density at radius 3 is 2.57 bits per heavy atom. The maximum Gasteiger partial charge on any atom is 0.0352 e. The molecule has 1 aromatic carbocycles. The first-order valence-corrected chi connectivity index (χ1v) is 5.59. The van der Waals surface area contributed by atoms with Gasteiger partial charge in [-0.25, -0.2) is 0 Å². The molecular weight excluding hydrogens is 170 g/mol. The molecule has 0 radical (unpaired) electrons. The second-order valence-electron chi connectivity index (χ2n) is 4.61. The lowest BCUT2D eigenvalue weighted by Gasteiger charge is -2.20. The predicted molar refractivity (Wildman–Crippen MR) is 61.6 cm³/mol. The Morgan fingerprint density at radius 2 is 1.86 bits per heavy atom. The van der Waals surface area contributed by atoms with Crippen molar-refractivity contribution in [1.29, 1.82) is 0 Å². The predicted octanol–water partition coefficient (Wildman–Crippen LogP) is 3.27. The summed E-state index contributed by atoms with van der Waals surface area (Å²) >= 11 is 0. The molecular formula is C13H19N. The van der Waals surface area contributed by atoms with Crippen molar-refractivity contribution in [3.63, 3.8) is 0 Å². The fraction of sp³-hybridized carbons (Fsp3) is 0.538. The van der Waals surface area contributed by atoms with Crippen LogP contribution in [-0.4, -0.2) is 0 Å². The molecule has 0 aromatic heterocycles. The van der Waals surface area contributed by atoms with Gasteiger partial charge < -0.3 is 5.73 Å². The lowest BCUT2D eigenvalue weighted by molar-refractivity contribution is 0.684. The zero-order valence-electron chi connectivity index (χ0n) is 9.14. The van der Waals surface area contributed by atoms with Crippen LogP contribution in [0.2, 0.25) is 0 Å². The van der Waals surface area contributed by atoms with Crippen molar-refractivity contribution in [2.75, 3.05) is 5.73 Å². The highest BCUT2D eigenvalue weighted by molar-refractivity contribution is 5.55. The van der Waals surface area contributed by atoms with E-state index in [4.69, 9.17) is 5.73 Å². The highest BCUT2D eigenvalue weighted by Gasteiger charge is 2.13. The number of nitrogen functional groups attached to an aromatic ring is 1. The summed E-state index contributed by atoms with van der Waals surface area (Å²) in [7, 11) is 0. The van der Waals surface area contributed by atoms with Crippen molar-refractivity contribution in [2.45, 2.75) is 45.4 Å². The molecule has 0 atom stereocenters. The maximum atomic E-state index is 6.08. The molecule has 1 aliphatic carbocycles. The molecule has 1 aromatic rings. The highest BCUT2D eigenvalue weighted by Crippen LogP contribution is 2.30. The Morgan fingerprint density at radius 1 is 1.14 bits per heavy atom. The summed E-state index contributed by atoms with van der Waals surface area (Å²) in [6.45, 7) is 4.45.